The minimum absolute atomic E-state index is 0.147. The quantitative estimate of drug-likeness (QED) is 0.469. The van der Waals surface area contributed by atoms with Crippen LogP contribution in [0.25, 0.3) is 0 Å². The van der Waals surface area contributed by atoms with Gasteiger partial charge in [-0.05, 0) is 13.0 Å². The van der Waals surface area contributed by atoms with Gasteiger partial charge in [-0.3, -0.25) is 10.1 Å². The van der Waals surface area contributed by atoms with Gasteiger partial charge < -0.3 is 14.4 Å². The highest BCUT2D eigenvalue weighted by Gasteiger charge is 2.32. The van der Waals surface area contributed by atoms with Gasteiger partial charge in [-0.1, -0.05) is 0 Å². The molecule has 0 amide bonds. The molecule has 0 aromatic heterocycles. The predicted molar refractivity (Wildman–Crippen MR) is 76.4 cm³/mol. The lowest BCUT2D eigenvalue weighted by molar-refractivity contribution is -0.384. The maximum Gasteiger partial charge on any atom is 0.336 e. The summed E-state index contributed by atoms with van der Waals surface area (Å²) < 4.78 is 10.2. The molecule has 1 aliphatic rings. The van der Waals surface area contributed by atoms with E-state index in [1.54, 1.807) is 11.8 Å². The van der Waals surface area contributed by atoms with Crippen LogP contribution in [0.15, 0.2) is 18.2 Å². The lowest BCUT2D eigenvalue weighted by Gasteiger charge is -2.37. The molecule has 1 heterocycles. The lowest BCUT2D eigenvalue weighted by atomic mass is 10.1. The Morgan fingerprint density at radius 3 is 2.86 bits per heavy atom. The van der Waals surface area contributed by atoms with E-state index in [4.69, 9.17) is 4.74 Å². The summed E-state index contributed by atoms with van der Waals surface area (Å²) in [6.07, 6.45) is -0.991. The van der Waals surface area contributed by atoms with Crippen LogP contribution in [0.1, 0.15) is 12.5 Å². The first kappa shape index (κ1) is 15.7. The van der Waals surface area contributed by atoms with Crippen molar-refractivity contribution in [1.29, 1.82) is 5.26 Å². The molecule has 2 atom stereocenters. The molecule has 8 nitrogen and oxygen atoms in total. The van der Waals surface area contributed by atoms with Gasteiger partial charge in [0, 0.05) is 18.7 Å². The van der Waals surface area contributed by atoms with Crippen LogP contribution in [-0.2, 0) is 14.3 Å². The van der Waals surface area contributed by atoms with E-state index in [0.29, 0.717) is 12.2 Å². The molecule has 1 aliphatic heterocycles. The maximum atomic E-state index is 11.7. The average molecular weight is 305 g/mol. The van der Waals surface area contributed by atoms with Gasteiger partial charge in [-0.15, -0.1) is 0 Å². The van der Waals surface area contributed by atoms with Gasteiger partial charge in [0.25, 0.3) is 5.69 Å². The summed E-state index contributed by atoms with van der Waals surface area (Å²) in [5, 5.41) is 20.0. The van der Waals surface area contributed by atoms with Crippen LogP contribution in [0.5, 0.6) is 0 Å². The highest BCUT2D eigenvalue weighted by atomic mass is 16.6. The Kier molecular flexibility index (Phi) is 4.58. The van der Waals surface area contributed by atoms with E-state index in [1.165, 1.54) is 25.3 Å². The molecule has 0 aliphatic carbocycles. The zero-order valence-corrected chi connectivity index (χ0v) is 12.2. The molecule has 2 rings (SSSR count). The average Bonchev–Trinajstić information content (AvgIpc) is 2.52. The number of carbonyl (C=O) groups excluding carboxylic acids is 1. The number of hydrogen-bond donors (Lipinski definition) is 0. The van der Waals surface area contributed by atoms with E-state index in [9.17, 15) is 20.2 Å². The number of esters is 1. The number of ether oxygens (including phenoxy) is 2. The molecule has 0 bridgehead atoms. The molecule has 116 valence electrons. The number of benzene rings is 1. The second-order valence-corrected chi connectivity index (χ2v) is 4.93. The van der Waals surface area contributed by atoms with Crippen LogP contribution in [0.4, 0.5) is 11.4 Å². The Balaban J connectivity index is 2.32. The molecule has 0 spiro atoms. The molecule has 0 saturated carbocycles. The van der Waals surface area contributed by atoms with Gasteiger partial charge in [0.1, 0.15) is 6.07 Å². The summed E-state index contributed by atoms with van der Waals surface area (Å²) in [5.41, 5.74) is 0.579. The zero-order valence-electron chi connectivity index (χ0n) is 12.2. The number of non-ortho nitro benzene ring substituents is 1. The van der Waals surface area contributed by atoms with E-state index >= 15 is 0 Å². The SMILES string of the molecule is COC(=O)C1CN(c2ccc([N+](=O)[O-])cc2C#N)C[C@@H](C)O1. The minimum Gasteiger partial charge on any atom is -0.467 e. The van der Waals surface area contributed by atoms with Crippen molar-refractivity contribution in [2.45, 2.75) is 19.1 Å². The smallest absolute Gasteiger partial charge is 0.336 e. The number of hydrogen-bond acceptors (Lipinski definition) is 7. The number of methoxy groups -OCH3 is 1. The number of nitro benzene ring substituents is 1. The van der Waals surface area contributed by atoms with Crippen LogP contribution in [-0.4, -0.2) is 43.3 Å². The number of anilines is 1. The van der Waals surface area contributed by atoms with Crippen molar-refractivity contribution >= 4 is 17.3 Å². The standard InChI is InChI=1S/C14H15N3O5/c1-9-7-16(8-13(22-9)14(18)21-2)12-4-3-11(17(19)20)5-10(12)6-15/h3-5,9,13H,7-8H2,1-2H3/t9-,13?/m1/s1. The topological polar surface area (TPSA) is 106 Å². The summed E-state index contributed by atoms with van der Waals surface area (Å²) in [6.45, 7) is 2.50. The zero-order chi connectivity index (χ0) is 16.3. The van der Waals surface area contributed by atoms with E-state index in [1.807, 2.05) is 6.07 Å². The normalized spacial score (nSPS) is 21.0. The Morgan fingerprint density at radius 1 is 1.55 bits per heavy atom. The van der Waals surface area contributed by atoms with Crippen LogP contribution >= 0.6 is 0 Å². The second kappa shape index (κ2) is 6.41. The maximum absolute atomic E-state index is 11.7. The summed E-state index contributed by atoms with van der Waals surface area (Å²) in [4.78, 5) is 23.7. The van der Waals surface area contributed by atoms with E-state index in [-0.39, 0.29) is 23.9 Å². The summed E-state index contributed by atoms with van der Waals surface area (Å²) in [5.74, 6) is -0.489. The van der Waals surface area contributed by atoms with E-state index in [2.05, 4.69) is 4.74 Å². The number of nitriles is 1. The molecule has 1 unspecified atom stereocenters. The Morgan fingerprint density at radius 2 is 2.27 bits per heavy atom. The van der Waals surface area contributed by atoms with Gasteiger partial charge >= 0.3 is 5.97 Å². The first-order valence-corrected chi connectivity index (χ1v) is 6.63. The minimum atomic E-state index is -0.754. The van der Waals surface area contributed by atoms with Gasteiger partial charge in [0.2, 0.25) is 0 Å². The Labute approximate surface area is 127 Å². The molecule has 1 saturated heterocycles. The molecule has 0 N–H and O–H groups in total. The van der Waals surface area contributed by atoms with Crippen LogP contribution in [0, 0.1) is 21.4 Å². The van der Waals surface area contributed by atoms with Crippen molar-refractivity contribution in [3.8, 4) is 6.07 Å². The van der Waals surface area contributed by atoms with Gasteiger partial charge in [-0.25, -0.2) is 4.79 Å². The van der Waals surface area contributed by atoms with Gasteiger partial charge in [0.15, 0.2) is 6.10 Å². The third-order valence-electron chi connectivity index (χ3n) is 3.38. The van der Waals surface area contributed by atoms with E-state index in [0.717, 1.165) is 0 Å². The fourth-order valence-electron chi connectivity index (χ4n) is 2.41. The number of morpholine rings is 1. The van der Waals surface area contributed by atoms with Gasteiger partial charge in [0.05, 0.1) is 35.9 Å². The lowest BCUT2D eigenvalue weighted by Crippen LogP contribution is -2.50. The molecular formula is C14H15N3O5. The number of rotatable bonds is 3. The van der Waals surface area contributed by atoms with Crippen molar-refractivity contribution in [2.75, 3.05) is 25.1 Å². The summed E-state index contributed by atoms with van der Waals surface area (Å²) in [7, 11) is 1.28. The van der Waals surface area contributed by atoms with Crippen molar-refractivity contribution < 1.29 is 19.2 Å². The molecule has 1 fully saturated rings. The fraction of sp³-hybridized carbons (Fsp3) is 0.429. The van der Waals surface area contributed by atoms with Crippen LogP contribution < -0.4 is 4.90 Å². The Hall–Kier alpha value is -2.66. The fourth-order valence-corrected chi connectivity index (χ4v) is 2.41. The predicted octanol–water partition coefficient (Wildman–Crippen LogP) is 1.23. The number of nitro groups is 1. The van der Waals surface area contributed by atoms with Crippen molar-refractivity contribution in [3.63, 3.8) is 0 Å². The second-order valence-electron chi connectivity index (χ2n) is 4.93. The van der Waals surface area contributed by atoms with Crippen LogP contribution in [0.3, 0.4) is 0 Å². The third-order valence-corrected chi connectivity index (χ3v) is 3.38. The number of carbonyl (C=O) groups is 1. The summed E-state index contributed by atoms with van der Waals surface area (Å²) in [6, 6.07) is 6.04. The molecule has 1 aromatic rings. The first-order chi connectivity index (χ1) is 10.5. The monoisotopic (exact) mass is 305 g/mol. The highest BCUT2D eigenvalue weighted by molar-refractivity contribution is 5.76. The third kappa shape index (κ3) is 3.15. The van der Waals surface area contributed by atoms with Gasteiger partial charge in [-0.2, -0.15) is 5.26 Å². The molecule has 0 radical (unpaired) electrons. The first-order valence-electron chi connectivity index (χ1n) is 6.63. The van der Waals surface area contributed by atoms with Crippen molar-refractivity contribution in [3.05, 3.63) is 33.9 Å². The Bertz CT molecular complexity index is 640. The highest BCUT2D eigenvalue weighted by Crippen LogP contribution is 2.27. The summed E-state index contributed by atoms with van der Waals surface area (Å²) >= 11 is 0. The molecular weight excluding hydrogens is 290 g/mol. The van der Waals surface area contributed by atoms with Crippen molar-refractivity contribution in [2.24, 2.45) is 0 Å². The molecule has 8 heteroatoms. The molecule has 22 heavy (non-hydrogen) atoms. The number of nitrogens with zero attached hydrogens (tertiary/aromatic N) is 3. The largest absolute Gasteiger partial charge is 0.467 e. The molecule has 1 aromatic carbocycles. The van der Waals surface area contributed by atoms with Crippen LogP contribution in [0.2, 0.25) is 0 Å². The van der Waals surface area contributed by atoms with Crippen molar-refractivity contribution in [1.82, 2.24) is 0 Å². The van der Waals surface area contributed by atoms with E-state index < -0.39 is 17.0 Å².